The van der Waals surface area contributed by atoms with Crippen LogP contribution in [0, 0.1) is 0 Å². The summed E-state index contributed by atoms with van der Waals surface area (Å²) in [5.41, 5.74) is 0. The third kappa shape index (κ3) is 10.1. The average Bonchev–Trinajstić information content (AvgIpc) is 3.38. The largest absolute Gasteiger partial charge is 0.381 e. The number of nitrogens with zero attached hydrogens (tertiary/aromatic N) is 4. The minimum absolute atomic E-state index is 0. The van der Waals surface area contributed by atoms with Gasteiger partial charge in [0, 0.05) is 45.9 Å². The lowest BCUT2D eigenvalue weighted by atomic mass is 10.1. The molecule has 0 bridgehead atoms. The van der Waals surface area contributed by atoms with Gasteiger partial charge in [0.15, 0.2) is 5.96 Å². The molecule has 168 valence electrons. The van der Waals surface area contributed by atoms with Gasteiger partial charge in [-0.25, -0.2) is 0 Å². The maximum absolute atomic E-state index is 5.80. The number of ether oxygens (including phenoxy) is 2. The highest BCUT2D eigenvalue weighted by Crippen LogP contribution is 2.15. The van der Waals surface area contributed by atoms with E-state index in [-0.39, 0.29) is 36.1 Å². The van der Waals surface area contributed by atoms with Crippen molar-refractivity contribution in [2.24, 2.45) is 4.99 Å². The van der Waals surface area contributed by atoms with E-state index in [9.17, 15) is 0 Å². The molecular formula is C20H39IN6O2. The van der Waals surface area contributed by atoms with Crippen molar-refractivity contribution in [1.82, 2.24) is 25.4 Å². The summed E-state index contributed by atoms with van der Waals surface area (Å²) in [6.45, 7) is 11.2. The molecular weight excluding hydrogens is 483 g/mol. The molecule has 1 saturated heterocycles. The molecule has 0 aromatic carbocycles. The smallest absolute Gasteiger partial charge is 0.191 e. The van der Waals surface area contributed by atoms with Gasteiger partial charge in [-0.2, -0.15) is 0 Å². The molecule has 2 unspecified atom stereocenters. The maximum atomic E-state index is 5.80. The zero-order valence-electron chi connectivity index (χ0n) is 18.2. The van der Waals surface area contributed by atoms with Crippen molar-refractivity contribution in [3.63, 3.8) is 0 Å². The fourth-order valence-electron chi connectivity index (χ4n) is 3.20. The normalized spacial score (nSPS) is 17.8. The van der Waals surface area contributed by atoms with E-state index in [0.717, 1.165) is 83.3 Å². The number of unbranched alkanes of at least 4 members (excludes halogenated alkanes) is 1. The van der Waals surface area contributed by atoms with E-state index >= 15 is 0 Å². The highest BCUT2D eigenvalue weighted by Gasteiger charge is 2.23. The highest BCUT2D eigenvalue weighted by molar-refractivity contribution is 14.0. The molecule has 2 rings (SSSR count). The molecule has 29 heavy (non-hydrogen) atoms. The summed E-state index contributed by atoms with van der Waals surface area (Å²) in [6.07, 6.45) is 8.39. The number of aromatic nitrogens is 3. The maximum Gasteiger partial charge on any atom is 0.191 e. The zero-order chi connectivity index (χ0) is 20.0. The number of rotatable bonds is 13. The van der Waals surface area contributed by atoms with Crippen LogP contribution >= 0.6 is 24.0 Å². The zero-order valence-corrected chi connectivity index (χ0v) is 20.6. The Kier molecular flexibility index (Phi) is 14.3. The first-order valence-corrected chi connectivity index (χ1v) is 10.9. The van der Waals surface area contributed by atoms with Gasteiger partial charge in [-0.15, -0.1) is 34.2 Å². The second-order valence-corrected chi connectivity index (χ2v) is 7.26. The van der Waals surface area contributed by atoms with Crippen molar-refractivity contribution in [3.8, 4) is 0 Å². The van der Waals surface area contributed by atoms with Crippen LogP contribution in [0.3, 0.4) is 0 Å². The SMILES string of the molecule is CCCCOCCCN=C(NCCn1cnnc1CC)NC(C)C1CCCO1.I. The summed E-state index contributed by atoms with van der Waals surface area (Å²) in [5.74, 6) is 1.84. The Hall–Kier alpha value is -0.940. The van der Waals surface area contributed by atoms with Crippen molar-refractivity contribution in [2.75, 3.05) is 32.9 Å². The van der Waals surface area contributed by atoms with Gasteiger partial charge in [0.1, 0.15) is 12.2 Å². The molecule has 0 spiro atoms. The number of halogens is 1. The molecule has 0 aliphatic carbocycles. The van der Waals surface area contributed by atoms with Crippen LogP contribution < -0.4 is 10.6 Å². The van der Waals surface area contributed by atoms with Crippen LogP contribution in [0.1, 0.15) is 58.7 Å². The van der Waals surface area contributed by atoms with E-state index in [1.54, 1.807) is 6.33 Å². The topological polar surface area (TPSA) is 85.6 Å². The van der Waals surface area contributed by atoms with Crippen LogP contribution in [-0.4, -0.2) is 65.8 Å². The Morgan fingerprint density at radius 2 is 2.21 bits per heavy atom. The molecule has 0 radical (unpaired) electrons. The Bertz CT molecular complexity index is 563. The van der Waals surface area contributed by atoms with Gasteiger partial charge in [-0.3, -0.25) is 4.99 Å². The molecule has 1 aromatic rings. The van der Waals surface area contributed by atoms with Crippen molar-refractivity contribution in [3.05, 3.63) is 12.2 Å². The van der Waals surface area contributed by atoms with Crippen LogP contribution in [0.5, 0.6) is 0 Å². The predicted octanol–water partition coefficient (Wildman–Crippen LogP) is 2.77. The lowest BCUT2D eigenvalue weighted by Gasteiger charge is -2.23. The minimum Gasteiger partial charge on any atom is -0.381 e. The van der Waals surface area contributed by atoms with E-state index in [2.05, 4.69) is 46.2 Å². The van der Waals surface area contributed by atoms with Gasteiger partial charge in [0.25, 0.3) is 0 Å². The van der Waals surface area contributed by atoms with E-state index in [1.165, 1.54) is 6.42 Å². The molecule has 2 N–H and O–H groups in total. The average molecular weight is 522 g/mol. The van der Waals surface area contributed by atoms with Gasteiger partial charge in [-0.1, -0.05) is 20.3 Å². The summed E-state index contributed by atoms with van der Waals surface area (Å²) in [4.78, 5) is 4.73. The summed E-state index contributed by atoms with van der Waals surface area (Å²) >= 11 is 0. The fraction of sp³-hybridized carbons (Fsp3) is 0.850. The van der Waals surface area contributed by atoms with Gasteiger partial charge in [0.2, 0.25) is 0 Å². The minimum atomic E-state index is 0. The quantitative estimate of drug-likeness (QED) is 0.179. The standard InChI is InChI=1S/C20H38N6O2.HI/c1-4-6-13-27-14-8-10-21-20(24-17(3)18-9-7-15-28-18)22-11-12-26-16-23-25-19(26)5-2;/h16-18H,4-15H2,1-3H3,(H2,21,22,24);1H. The summed E-state index contributed by atoms with van der Waals surface area (Å²) in [5, 5.41) is 15.1. The molecule has 1 aliphatic rings. The van der Waals surface area contributed by atoms with Gasteiger partial charge in [0.05, 0.1) is 12.1 Å². The third-order valence-corrected chi connectivity index (χ3v) is 4.90. The Labute approximate surface area is 192 Å². The molecule has 2 atom stereocenters. The van der Waals surface area contributed by atoms with Crippen molar-refractivity contribution in [2.45, 2.75) is 78.0 Å². The van der Waals surface area contributed by atoms with E-state index < -0.39 is 0 Å². The van der Waals surface area contributed by atoms with Crippen LogP contribution in [0.25, 0.3) is 0 Å². The highest BCUT2D eigenvalue weighted by atomic mass is 127. The van der Waals surface area contributed by atoms with Crippen molar-refractivity contribution < 1.29 is 9.47 Å². The third-order valence-electron chi connectivity index (χ3n) is 4.90. The van der Waals surface area contributed by atoms with Gasteiger partial charge >= 0.3 is 0 Å². The van der Waals surface area contributed by atoms with E-state index in [1.807, 2.05) is 0 Å². The van der Waals surface area contributed by atoms with Crippen LogP contribution in [0.2, 0.25) is 0 Å². The molecule has 0 amide bonds. The van der Waals surface area contributed by atoms with Crippen LogP contribution in [-0.2, 0) is 22.4 Å². The first-order valence-electron chi connectivity index (χ1n) is 10.9. The van der Waals surface area contributed by atoms with E-state index in [4.69, 9.17) is 14.5 Å². The van der Waals surface area contributed by atoms with Gasteiger partial charge in [-0.05, 0) is 32.6 Å². The fourth-order valence-corrected chi connectivity index (χ4v) is 3.20. The number of hydrogen-bond acceptors (Lipinski definition) is 5. The molecule has 9 heteroatoms. The Morgan fingerprint density at radius 1 is 1.38 bits per heavy atom. The first kappa shape index (κ1) is 26.1. The Balaban J connectivity index is 0.00000420. The molecule has 2 heterocycles. The number of aryl methyl sites for hydroxylation is 1. The molecule has 1 fully saturated rings. The van der Waals surface area contributed by atoms with Crippen molar-refractivity contribution >= 4 is 29.9 Å². The van der Waals surface area contributed by atoms with Crippen LogP contribution in [0.4, 0.5) is 0 Å². The van der Waals surface area contributed by atoms with Crippen molar-refractivity contribution in [1.29, 1.82) is 0 Å². The number of hydrogen-bond donors (Lipinski definition) is 2. The lowest BCUT2D eigenvalue weighted by Crippen LogP contribution is -2.47. The second kappa shape index (κ2) is 15.8. The summed E-state index contributed by atoms with van der Waals surface area (Å²) in [7, 11) is 0. The summed E-state index contributed by atoms with van der Waals surface area (Å²) in [6, 6.07) is 0.232. The molecule has 0 saturated carbocycles. The van der Waals surface area contributed by atoms with Crippen LogP contribution in [0.15, 0.2) is 11.3 Å². The molecule has 8 nitrogen and oxygen atoms in total. The summed E-state index contributed by atoms with van der Waals surface area (Å²) < 4.78 is 13.5. The number of guanidine groups is 1. The number of aliphatic imine (C=N–C) groups is 1. The Morgan fingerprint density at radius 3 is 2.93 bits per heavy atom. The molecule has 1 aliphatic heterocycles. The number of nitrogens with one attached hydrogen (secondary N) is 2. The monoisotopic (exact) mass is 522 g/mol. The molecule has 1 aromatic heterocycles. The van der Waals surface area contributed by atoms with Gasteiger partial charge < -0.3 is 24.7 Å². The first-order chi connectivity index (χ1) is 13.7. The predicted molar refractivity (Wildman–Crippen MR) is 127 cm³/mol. The lowest BCUT2D eigenvalue weighted by molar-refractivity contribution is 0.0890. The van der Waals surface area contributed by atoms with E-state index in [0.29, 0.717) is 0 Å². The second-order valence-electron chi connectivity index (χ2n) is 7.26.